The summed E-state index contributed by atoms with van der Waals surface area (Å²) < 4.78 is 8.19. The number of hydrogen-bond donors (Lipinski definition) is 1. The number of nitrogens with one attached hydrogen (secondary N) is 1. The Morgan fingerprint density at radius 2 is 1.83 bits per heavy atom. The van der Waals surface area contributed by atoms with E-state index in [1.165, 1.54) is 0 Å². The van der Waals surface area contributed by atoms with E-state index in [4.69, 9.17) is 4.74 Å². The molecule has 3 aliphatic heterocycles. The van der Waals surface area contributed by atoms with Crippen molar-refractivity contribution in [2.75, 3.05) is 26.2 Å². The van der Waals surface area contributed by atoms with Gasteiger partial charge in [0, 0.05) is 57.1 Å². The van der Waals surface area contributed by atoms with Gasteiger partial charge in [0.2, 0.25) is 0 Å². The second-order valence-electron chi connectivity index (χ2n) is 8.31. The summed E-state index contributed by atoms with van der Waals surface area (Å²) in [6.45, 7) is 3.33. The highest BCUT2D eigenvalue weighted by Gasteiger charge is 2.43. The van der Waals surface area contributed by atoms with Crippen LogP contribution in [-0.4, -0.2) is 73.4 Å². The van der Waals surface area contributed by atoms with Crippen LogP contribution in [0.2, 0.25) is 0 Å². The average molecular weight is 398 g/mol. The fraction of sp³-hybridized carbons (Fsp3) is 0.600. The predicted molar refractivity (Wildman–Crippen MR) is 103 cm³/mol. The zero-order valence-electron chi connectivity index (χ0n) is 16.7. The van der Waals surface area contributed by atoms with Crippen LogP contribution in [0.1, 0.15) is 57.9 Å². The Morgan fingerprint density at radius 3 is 2.52 bits per heavy atom. The summed E-state index contributed by atoms with van der Waals surface area (Å²) in [5, 5.41) is 11.2. The number of aromatic amines is 1. The molecule has 5 rings (SSSR count). The van der Waals surface area contributed by atoms with E-state index >= 15 is 0 Å². The van der Waals surface area contributed by atoms with Gasteiger partial charge in [0.25, 0.3) is 11.8 Å². The molecule has 2 fully saturated rings. The smallest absolute Gasteiger partial charge is 0.274 e. The fourth-order valence-corrected chi connectivity index (χ4v) is 4.78. The fourth-order valence-electron chi connectivity index (χ4n) is 4.78. The molecule has 0 bridgehead atoms. The van der Waals surface area contributed by atoms with Gasteiger partial charge in [0.15, 0.2) is 5.69 Å². The third kappa shape index (κ3) is 3.13. The van der Waals surface area contributed by atoms with Gasteiger partial charge >= 0.3 is 0 Å². The van der Waals surface area contributed by atoms with Crippen LogP contribution < -0.4 is 0 Å². The van der Waals surface area contributed by atoms with E-state index in [-0.39, 0.29) is 17.4 Å². The molecule has 9 heteroatoms. The molecule has 1 spiro atoms. The number of fused-ring (bicyclic) bond motifs is 1. The summed E-state index contributed by atoms with van der Waals surface area (Å²) in [7, 11) is 1.91. The molecule has 3 aliphatic rings. The van der Waals surface area contributed by atoms with Gasteiger partial charge in [-0.05, 0) is 31.7 Å². The Balaban J connectivity index is 1.30. The zero-order chi connectivity index (χ0) is 20.0. The predicted octanol–water partition coefficient (Wildman–Crippen LogP) is 1.13. The highest BCUT2D eigenvalue weighted by Crippen LogP contribution is 2.37. The lowest BCUT2D eigenvalue weighted by Crippen LogP contribution is -2.50. The molecule has 1 N–H and O–H groups in total. The summed E-state index contributed by atoms with van der Waals surface area (Å²) in [6.07, 6.45) is 5.99. The van der Waals surface area contributed by atoms with Gasteiger partial charge in [0.05, 0.1) is 12.2 Å². The summed E-state index contributed by atoms with van der Waals surface area (Å²) in [6, 6.07) is 1.70. The van der Waals surface area contributed by atoms with E-state index in [9.17, 15) is 9.59 Å². The van der Waals surface area contributed by atoms with Crippen LogP contribution in [0.3, 0.4) is 0 Å². The zero-order valence-corrected chi connectivity index (χ0v) is 16.7. The molecule has 29 heavy (non-hydrogen) atoms. The van der Waals surface area contributed by atoms with Gasteiger partial charge in [-0.15, -0.1) is 0 Å². The first-order chi connectivity index (χ1) is 14.1. The largest absolute Gasteiger partial charge is 0.370 e. The molecule has 2 amide bonds. The Kier molecular flexibility index (Phi) is 4.42. The van der Waals surface area contributed by atoms with Crippen molar-refractivity contribution in [1.29, 1.82) is 0 Å². The Bertz CT molecular complexity index is 920. The Morgan fingerprint density at radius 1 is 1.10 bits per heavy atom. The number of carbonyl (C=O) groups excluding carboxylic acids is 2. The lowest BCUT2D eigenvalue weighted by Gasteiger charge is -2.43. The molecule has 0 atom stereocenters. The molecule has 2 aromatic rings. The Hall–Kier alpha value is -2.68. The molecular weight excluding hydrogens is 372 g/mol. The van der Waals surface area contributed by atoms with E-state index in [1.54, 1.807) is 12.3 Å². The molecule has 0 radical (unpaired) electrons. The molecule has 5 heterocycles. The standard InChI is InChI=1S/C20H26N6O3/c1-24-16-12-20(5-10-26(11-6-20)18(27)15-4-7-21-22-15)29-13-14(16)17(23-24)19(28)25-8-2-3-9-25/h4,7H,2-3,5-6,8-13H2,1H3,(H,21,22). The number of hydrogen-bond acceptors (Lipinski definition) is 5. The van der Waals surface area contributed by atoms with Crippen molar-refractivity contribution < 1.29 is 14.3 Å². The van der Waals surface area contributed by atoms with E-state index < -0.39 is 0 Å². The maximum absolute atomic E-state index is 12.9. The minimum absolute atomic E-state index is 0.0205. The summed E-state index contributed by atoms with van der Waals surface area (Å²) >= 11 is 0. The number of ether oxygens (including phenoxy) is 1. The lowest BCUT2D eigenvalue weighted by atomic mass is 9.83. The molecule has 0 aromatic carbocycles. The van der Waals surface area contributed by atoms with Crippen LogP contribution in [0.4, 0.5) is 0 Å². The van der Waals surface area contributed by atoms with Gasteiger partial charge in [-0.25, -0.2) is 0 Å². The van der Waals surface area contributed by atoms with E-state index in [2.05, 4.69) is 15.3 Å². The van der Waals surface area contributed by atoms with E-state index in [1.807, 2.05) is 21.5 Å². The maximum Gasteiger partial charge on any atom is 0.274 e. The van der Waals surface area contributed by atoms with Gasteiger partial charge in [-0.2, -0.15) is 10.2 Å². The highest BCUT2D eigenvalue weighted by atomic mass is 16.5. The number of amides is 2. The molecule has 0 unspecified atom stereocenters. The van der Waals surface area contributed by atoms with Crippen molar-refractivity contribution in [3.05, 3.63) is 34.9 Å². The highest BCUT2D eigenvalue weighted by molar-refractivity contribution is 5.94. The van der Waals surface area contributed by atoms with Crippen LogP contribution in [0.5, 0.6) is 0 Å². The van der Waals surface area contributed by atoms with Crippen molar-refractivity contribution in [1.82, 2.24) is 29.8 Å². The first kappa shape index (κ1) is 18.4. The molecule has 0 aliphatic carbocycles. The molecule has 2 saturated heterocycles. The molecule has 154 valence electrons. The van der Waals surface area contributed by atoms with Crippen molar-refractivity contribution in [2.45, 2.75) is 44.3 Å². The summed E-state index contributed by atoms with van der Waals surface area (Å²) in [5.74, 6) is 0.00625. The molecule has 0 saturated carbocycles. The number of aromatic nitrogens is 4. The van der Waals surface area contributed by atoms with Crippen LogP contribution in [0.25, 0.3) is 0 Å². The van der Waals surface area contributed by atoms with Crippen molar-refractivity contribution in [3.8, 4) is 0 Å². The SMILES string of the molecule is Cn1nc(C(=O)N2CCCC2)c2c1CC1(CCN(C(=O)c3ccn[nH]3)CC1)OC2. The first-order valence-corrected chi connectivity index (χ1v) is 10.3. The van der Waals surface area contributed by atoms with Crippen molar-refractivity contribution in [2.24, 2.45) is 7.05 Å². The monoisotopic (exact) mass is 398 g/mol. The van der Waals surface area contributed by atoms with Crippen LogP contribution in [-0.2, 0) is 24.8 Å². The third-order valence-electron chi connectivity index (χ3n) is 6.58. The number of carbonyl (C=O) groups is 2. The van der Waals surface area contributed by atoms with Gasteiger partial charge < -0.3 is 14.5 Å². The molecule has 2 aromatic heterocycles. The van der Waals surface area contributed by atoms with Gasteiger partial charge in [-0.3, -0.25) is 19.4 Å². The maximum atomic E-state index is 12.9. The van der Waals surface area contributed by atoms with E-state index in [0.717, 1.165) is 56.5 Å². The summed E-state index contributed by atoms with van der Waals surface area (Å²) in [5.41, 5.74) is 2.80. The lowest BCUT2D eigenvalue weighted by molar-refractivity contribution is -0.0990. The molecular formula is C20H26N6O3. The average Bonchev–Trinajstić information content (AvgIpc) is 3.50. The second-order valence-corrected chi connectivity index (χ2v) is 8.31. The van der Waals surface area contributed by atoms with Crippen LogP contribution in [0, 0.1) is 0 Å². The quantitative estimate of drug-likeness (QED) is 0.818. The van der Waals surface area contributed by atoms with E-state index in [0.29, 0.717) is 31.1 Å². The first-order valence-electron chi connectivity index (χ1n) is 10.3. The second kappa shape index (κ2) is 6.98. The minimum atomic E-state index is -0.292. The van der Waals surface area contributed by atoms with Crippen LogP contribution in [0.15, 0.2) is 12.3 Å². The van der Waals surface area contributed by atoms with Crippen molar-refractivity contribution in [3.63, 3.8) is 0 Å². The number of likely N-dealkylation sites (tertiary alicyclic amines) is 2. The van der Waals surface area contributed by atoms with Crippen molar-refractivity contribution >= 4 is 11.8 Å². The van der Waals surface area contributed by atoms with Crippen LogP contribution >= 0.6 is 0 Å². The van der Waals surface area contributed by atoms with Gasteiger partial charge in [-0.1, -0.05) is 0 Å². The number of nitrogens with zero attached hydrogens (tertiary/aromatic N) is 5. The normalized spacial score (nSPS) is 20.9. The number of H-pyrrole nitrogens is 1. The summed E-state index contributed by atoms with van der Waals surface area (Å²) in [4.78, 5) is 29.2. The van der Waals surface area contributed by atoms with Gasteiger partial charge in [0.1, 0.15) is 5.69 Å². The Labute approximate surface area is 169 Å². The number of rotatable bonds is 2. The minimum Gasteiger partial charge on any atom is -0.370 e. The third-order valence-corrected chi connectivity index (χ3v) is 6.58. The topological polar surface area (TPSA) is 96.4 Å². The number of piperidine rings is 1. The molecule has 9 nitrogen and oxygen atoms in total. The number of aryl methyl sites for hydroxylation is 1.